The number of hydrazone groups is 1. The lowest BCUT2D eigenvalue weighted by Gasteiger charge is -2.04. The minimum absolute atomic E-state index is 0.0509. The second-order valence-electron chi connectivity index (χ2n) is 5.65. The molecule has 4 rings (SSSR count). The Bertz CT molecular complexity index is 1110. The van der Waals surface area contributed by atoms with E-state index in [1.54, 1.807) is 35.3 Å². The number of phenols is 1. The molecule has 2 aromatic carbocycles. The number of anilines is 1. The molecule has 2 N–H and O–H groups in total. The van der Waals surface area contributed by atoms with Crippen molar-refractivity contribution in [3.8, 4) is 17.2 Å². The summed E-state index contributed by atoms with van der Waals surface area (Å²) in [4.78, 5) is 8.56. The van der Waals surface area contributed by atoms with Gasteiger partial charge in [0.2, 0.25) is 0 Å². The molecule has 0 atom stereocenters. The SMILES string of the molecule is COc1ccc(/C=N\Nc2ncnc3c2cnn3-c2ccccc2)cc1O. The van der Waals surface area contributed by atoms with Crippen LogP contribution in [0.3, 0.4) is 0 Å². The van der Waals surface area contributed by atoms with E-state index < -0.39 is 0 Å². The van der Waals surface area contributed by atoms with E-state index >= 15 is 0 Å². The van der Waals surface area contributed by atoms with Gasteiger partial charge in [-0.05, 0) is 35.9 Å². The number of rotatable bonds is 5. The average Bonchev–Trinajstić information content (AvgIpc) is 3.14. The maximum Gasteiger partial charge on any atom is 0.168 e. The van der Waals surface area contributed by atoms with Crippen LogP contribution in [0.25, 0.3) is 16.7 Å². The van der Waals surface area contributed by atoms with Crippen LogP contribution in [0.15, 0.2) is 66.2 Å². The normalized spacial score (nSPS) is 11.1. The predicted octanol–water partition coefficient (Wildman–Crippen LogP) is 2.98. The summed E-state index contributed by atoms with van der Waals surface area (Å²) >= 11 is 0. The smallest absolute Gasteiger partial charge is 0.168 e. The van der Waals surface area contributed by atoms with E-state index in [1.807, 2.05) is 30.3 Å². The number of nitrogens with one attached hydrogen (secondary N) is 1. The number of phenolic OH excluding ortho intramolecular Hbond substituents is 1. The minimum Gasteiger partial charge on any atom is -0.504 e. The fourth-order valence-corrected chi connectivity index (χ4v) is 2.65. The standard InChI is InChI=1S/C19H16N6O2/c1-27-17-8-7-13(9-16(17)26)10-22-24-18-15-11-23-25(19(15)21-12-20-18)14-5-3-2-4-6-14/h2-12,26H,1H3,(H,20,21,24)/b22-10-. The Morgan fingerprint density at radius 2 is 2.00 bits per heavy atom. The van der Waals surface area contributed by atoms with Crippen LogP contribution in [0.5, 0.6) is 11.5 Å². The van der Waals surface area contributed by atoms with E-state index in [-0.39, 0.29) is 5.75 Å². The third-order valence-electron chi connectivity index (χ3n) is 3.95. The van der Waals surface area contributed by atoms with Crippen LogP contribution in [-0.2, 0) is 0 Å². The maximum atomic E-state index is 9.82. The molecule has 0 spiro atoms. The van der Waals surface area contributed by atoms with Gasteiger partial charge in [-0.2, -0.15) is 10.2 Å². The summed E-state index contributed by atoms with van der Waals surface area (Å²) in [5.41, 5.74) is 5.20. The predicted molar refractivity (Wildman–Crippen MR) is 103 cm³/mol. The van der Waals surface area contributed by atoms with E-state index in [2.05, 4.69) is 25.6 Å². The van der Waals surface area contributed by atoms with E-state index in [4.69, 9.17) is 4.74 Å². The molecule has 0 unspecified atom stereocenters. The van der Waals surface area contributed by atoms with Gasteiger partial charge in [-0.1, -0.05) is 18.2 Å². The van der Waals surface area contributed by atoms with Crippen LogP contribution in [0.4, 0.5) is 5.82 Å². The molecule has 0 amide bonds. The Labute approximate surface area is 154 Å². The van der Waals surface area contributed by atoms with Gasteiger partial charge in [0.15, 0.2) is 23.0 Å². The average molecular weight is 360 g/mol. The number of fused-ring (bicyclic) bond motifs is 1. The second kappa shape index (κ2) is 7.12. The summed E-state index contributed by atoms with van der Waals surface area (Å²) < 4.78 is 6.77. The van der Waals surface area contributed by atoms with Gasteiger partial charge < -0.3 is 9.84 Å². The van der Waals surface area contributed by atoms with Crippen LogP contribution in [0.2, 0.25) is 0 Å². The number of benzene rings is 2. The largest absolute Gasteiger partial charge is 0.504 e. The van der Waals surface area contributed by atoms with Gasteiger partial charge in [0.1, 0.15) is 6.33 Å². The quantitative estimate of drug-likeness (QED) is 0.419. The van der Waals surface area contributed by atoms with Crippen LogP contribution in [0, 0.1) is 0 Å². The lowest BCUT2D eigenvalue weighted by atomic mass is 10.2. The van der Waals surface area contributed by atoms with Crippen LogP contribution < -0.4 is 10.2 Å². The number of aromatic hydroxyl groups is 1. The lowest BCUT2D eigenvalue weighted by Crippen LogP contribution is -1.99. The molecule has 8 nitrogen and oxygen atoms in total. The zero-order valence-electron chi connectivity index (χ0n) is 14.4. The van der Waals surface area contributed by atoms with Gasteiger partial charge in [-0.15, -0.1) is 0 Å². The van der Waals surface area contributed by atoms with E-state index in [0.717, 1.165) is 11.1 Å². The van der Waals surface area contributed by atoms with Crippen LogP contribution >= 0.6 is 0 Å². The van der Waals surface area contributed by atoms with Crippen LogP contribution in [-0.4, -0.2) is 38.2 Å². The summed E-state index contributed by atoms with van der Waals surface area (Å²) in [7, 11) is 1.50. The fourth-order valence-electron chi connectivity index (χ4n) is 2.65. The molecule has 8 heteroatoms. The molecule has 27 heavy (non-hydrogen) atoms. The van der Waals surface area contributed by atoms with Crippen molar-refractivity contribution in [3.05, 3.63) is 66.6 Å². The molecule has 0 fully saturated rings. The van der Waals surface area contributed by atoms with Gasteiger partial charge in [-0.25, -0.2) is 14.6 Å². The highest BCUT2D eigenvalue weighted by Gasteiger charge is 2.10. The van der Waals surface area contributed by atoms with Gasteiger partial charge in [-0.3, -0.25) is 5.43 Å². The summed E-state index contributed by atoms with van der Waals surface area (Å²) in [6, 6.07) is 14.8. The third kappa shape index (κ3) is 3.28. The molecule has 0 aliphatic heterocycles. The van der Waals surface area contributed by atoms with Crippen molar-refractivity contribution in [1.82, 2.24) is 19.7 Å². The Kier molecular flexibility index (Phi) is 4.36. The Balaban J connectivity index is 1.60. The van der Waals surface area contributed by atoms with Crippen molar-refractivity contribution in [2.45, 2.75) is 0 Å². The van der Waals surface area contributed by atoms with Crippen molar-refractivity contribution < 1.29 is 9.84 Å². The summed E-state index contributed by atoms with van der Waals surface area (Å²) in [5.74, 6) is 0.997. The maximum absolute atomic E-state index is 9.82. The monoisotopic (exact) mass is 360 g/mol. The molecular formula is C19H16N6O2. The van der Waals surface area contributed by atoms with Gasteiger partial charge in [0.05, 0.1) is 30.6 Å². The zero-order valence-corrected chi connectivity index (χ0v) is 14.4. The molecule has 0 saturated carbocycles. The van der Waals surface area contributed by atoms with Gasteiger partial charge in [0.25, 0.3) is 0 Å². The summed E-state index contributed by atoms with van der Waals surface area (Å²) in [6.45, 7) is 0. The number of hydrogen-bond donors (Lipinski definition) is 2. The molecule has 4 aromatic rings. The van der Waals surface area contributed by atoms with Crippen molar-refractivity contribution in [3.63, 3.8) is 0 Å². The van der Waals surface area contributed by atoms with Crippen molar-refractivity contribution in [2.75, 3.05) is 12.5 Å². The third-order valence-corrected chi connectivity index (χ3v) is 3.95. The number of nitrogens with zero attached hydrogens (tertiary/aromatic N) is 5. The Hall–Kier alpha value is -3.94. The molecule has 0 aliphatic carbocycles. The fraction of sp³-hybridized carbons (Fsp3) is 0.0526. The molecule has 0 saturated heterocycles. The minimum atomic E-state index is 0.0509. The summed E-state index contributed by atoms with van der Waals surface area (Å²) in [6.07, 6.45) is 4.73. The van der Waals surface area contributed by atoms with E-state index in [9.17, 15) is 5.11 Å². The highest BCUT2D eigenvalue weighted by molar-refractivity contribution is 5.88. The number of ether oxygens (including phenoxy) is 1. The summed E-state index contributed by atoms with van der Waals surface area (Å²) in [5, 5.41) is 19.2. The molecule has 2 heterocycles. The molecule has 2 aromatic heterocycles. The van der Waals surface area contributed by atoms with E-state index in [0.29, 0.717) is 22.8 Å². The molecule has 0 radical (unpaired) electrons. The highest BCUT2D eigenvalue weighted by Crippen LogP contribution is 2.25. The number of hydrogen-bond acceptors (Lipinski definition) is 7. The molecule has 134 valence electrons. The number of aromatic nitrogens is 4. The first-order valence-corrected chi connectivity index (χ1v) is 8.16. The van der Waals surface area contributed by atoms with Crippen molar-refractivity contribution in [1.29, 1.82) is 0 Å². The van der Waals surface area contributed by atoms with E-state index in [1.165, 1.54) is 13.4 Å². The molecule has 0 bridgehead atoms. The zero-order chi connectivity index (χ0) is 18.6. The lowest BCUT2D eigenvalue weighted by molar-refractivity contribution is 0.373. The number of para-hydroxylation sites is 1. The first kappa shape index (κ1) is 16.5. The highest BCUT2D eigenvalue weighted by atomic mass is 16.5. The number of methoxy groups -OCH3 is 1. The van der Waals surface area contributed by atoms with Gasteiger partial charge >= 0.3 is 0 Å². The first-order chi connectivity index (χ1) is 13.3. The van der Waals surface area contributed by atoms with Crippen molar-refractivity contribution >= 4 is 23.1 Å². The Morgan fingerprint density at radius 3 is 2.78 bits per heavy atom. The Morgan fingerprint density at radius 1 is 1.15 bits per heavy atom. The molecular weight excluding hydrogens is 344 g/mol. The first-order valence-electron chi connectivity index (χ1n) is 8.16. The topological polar surface area (TPSA) is 97.5 Å². The van der Waals surface area contributed by atoms with Crippen molar-refractivity contribution in [2.24, 2.45) is 5.10 Å². The second-order valence-corrected chi connectivity index (χ2v) is 5.65. The van der Waals surface area contributed by atoms with Gasteiger partial charge in [0, 0.05) is 0 Å². The van der Waals surface area contributed by atoms with Crippen LogP contribution in [0.1, 0.15) is 5.56 Å². The molecule has 0 aliphatic rings.